The number of thiazole rings is 1. The Bertz CT molecular complexity index is 1600. The molecule has 0 radical (unpaired) electrons. The van der Waals surface area contributed by atoms with Crippen LogP contribution in [0.4, 0.5) is 5.69 Å². The fourth-order valence-corrected chi connectivity index (χ4v) is 5.93. The Hall–Kier alpha value is -3.98. The molecule has 184 valence electrons. The van der Waals surface area contributed by atoms with Gasteiger partial charge in [0, 0.05) is 12.1 Å². The number of carbonyl (C=O) groups excluding carboxylic acids is 2. The lowest BCUT2D eigenvalue weighted by Gasteiger charge is -2.24. The lowest BCUT2D eigenvalue weighted by Crippen LogP contribution is -2.40. The number of anilines is 1. The van der Waals surface area contributed by atoms with E-state index in [1.165, 1.54) is 23.0 Å². The zero-order valence-electron chi connectivity index (χ0n) is 20.4. The van der Waals surface area contributed by atoms with Gasteiger partial charge < -0.3 is 14.4 Å². The summed E-state index contributed by atoms with van der Waals surface area (Å²) in [4.78, 5) is 47.1. The molecule has 1 amide bonds. The Balaban J connectivity index is 1.81. The third-order valence-electron chi connectivity index (χ3n) is 6.43. The molecule has 0 N–H and O–H groups in total. The number of hydrogen-bond donors (Lipinski definition) is 0. The first kappa shape index (κ1) is 23.7. The Morgan fingerprint density at radius 2 is 1.81 bits per heavy atom. The van der Waals surface area contributed by atoms with Gasteiger partial charge in [0.15, 0.2) is 4.80 Å². The highest BCUT2D eigenvalue weighted by molar-refractivity contribution is 7.07. The first-order valence-electron chi connectivity index (χ1n) is 11.6. The molecule has 0 saturated heterocycles. The van der Waals surface area contributed by atoms with Gasteiger partial charge in [-0.2, -0.15) is 0 Å². The van der Waals surface area contributed by atoms with Gasteiger partial charge in [0.2, 0.25) is 0 Å². The number of ether oxygens (including phenoxy) is 2. The summed E-state index contributed by atoms with van der Waals surface area (Å²) in [6.45, 7) is 4.29. The molecule has 9 heteroatoms. The van der Waals surface area contributed by atoms with Crippen LogP contribution in [0.25, 0.3) is 5.57 Å². The first-order chi connectivity index (χ1) is 17.4. The molecule has 8 nitrogen and oxygen atoms in total. The number of amides is 1. The molecule has 5 rings (SSSR count). The second-order valence-electron chi connectivity index (χ2n) is 8.52. The van der Waals surface area contributed by atoms with Gasteiger partial charge in [-0.1, -0.05) is 48.6 Å². The number of hydrogen-bond acceptors (Lipinski definition) is 7. The van der Waals surface area contributed by atoms with Gasteiger partial charge in [-0.3, -0.25) is 14.2 Å². The maximum absolute atomic E-state index is 14.0. The summed E-state index contributed by atoms with van der Waals surface area (Å²) in [5, 5.41) is 0. The van der Waals surface area contributed by atoms with Crippen molar-refractivity contribution in [3.63, 3.8) is 0 Å². The number of nitrogens with zero attached hydrogens (tertiary/aromatic N) is 3. The smallest absolute Gasteiger partial charge is 0.338 e. The van der Waals surface area contributed by atoms with Crippen molar-refractivity contribution >= 4 is 34.5 Å². The Morgan fingerprint density at radius 3 is 2.47 bits per heavy atom. The number of aromatic nitrogens is 1. The van der Waals surface area contributed by atoms with Crippen molar-refractivity contribution in [1.29, 1.82) is 0 Å². The van der Waals surface area contributed by atoms with Crippen LogP contribution < -0.4 is 24.5 Å². The second-order valence-corrected chi connectivity index (χ2v) is 9.49. The molecule has 0 aliphatic carbocycles. The van der Waals surface area contributed by atoms with Crippen LogP contribution in [0.15, 0.2) is 69.6 Å². The summed E-state index contributed by atoms with van der Waals surface area (Å²) in [5.74, 6) is -0.113. The molecule has 0 saturated carbocycles. The van der Waals surface area contributed by atoms with Crippen LogP contribution in [0, 0.1) is 0 Å². The molecular formula is C27H25N3O5S. The van der Waals surface area contributed by atoms with E-state index in [0.29, 0.717) is 38.5 Å². The van der Waals surface area contributed by atoms with E-state index in [9.17, 15) is 14.4 Å². The van der Waals surface area contributed by atoms with E-state index in [0.717, 1.165) is 17.7 Å². The van der Waals surface area contributed by atoms with Gasteiger partial charge >= 0.3 is 5.97 Å². The maximum atomic E-state index is 14.0. The molecule has 0 spiro atoms. The second kappa shape index (κ2) is 9.23. The van der Waals surface area contributed by atoms with Crippen LogP contribution in [-0.2, 0) is 14.3 Å². The zero-order chi connectivity index (χ0) is 25.6. The summed E-state index contributed by atoms with van der Waals surface area (Å²) in [6.07, 6.45) is 0.785. The average Bonchev–Trinajstić information content (AvgIpc) is 3.35. The van der Waals surface area contributed by atoms with Crippen molar-refractivity contribution in [2.24, 2.45) is 4.99 Å². The SMILES string of the molecule is CCCN1C(=O)C(=c2sc3n(c2=O)[C@@H](c2ccc(OC)cc2)C(C(=O)OC)=C(C)N=3)c2ccccc21. The highest BCUT2D eigenvalue weighted by Gasteiger charge is 2.37. The highest BCUT2D eigenvalue weighted by Crippen LogP contribution is 2.36. The van der Waals surface area contributed by atoms with E-state index in [-0.39, 0.29) is 17.0 Å². The quantitative estimate of drug-likeness (QED) is 0.499. The van der Waals surface area contributed by atoms with Gasteiger partial charge in [0.25, 0.3) is 11.5 Å². The van der Waals surface area contributed by atoms with Crippen molar-refractivity contribution in [2.45, 2.75) is 26.3 Å². The summed E-state index contributed by atoms with van der Waals surface area (Å²) in [5.41, 5.74) is 2.97. The molecule has 0 bridgehead atoms. The van der Waals surface area contributed by atoms with E-state index < -0.39 is 12.0 Å². The lowest BCUT2D eigenvalue weighted by atomic mass is 9.96. The minimum atomic E-state index is -0.757. The van der Waals surface area contributed by atoms with E-state index in [2.05, 4.69) is 4.99 Å². The third kappa shape index (κ3) is 3.58. The predicted octanol–water partition coefficient (Wildman–Crippen LogP) is 2.54. The number of allylic oxidation sites excluding steroid dienone is 1. The molecule has 2 aromatic carbocycles. The van der Waals surface area contributed by atoms with Gasteiger partial charge in [0.05, 0.1) is 42.8 Å². The molecule has 2 aliphatic heterocycles. The number of esters is 1. The van der Waals surface area contributed by atoms with E-state index >= 15 is 0 Å². The van der Waals surface area contributed by atoms with Gasteiger partial charge in [-0.05, 0) is 37.1 Å². The number of methoxy groups -OCH3 is 2. The summed E-state index contributed by atoms with van der Waals surface area (Å²) >= 11 is 1.17. The molecule has 1 aromatic heterocycles. The third-order valence-corrected chi connectivity index (χ3v) is 7.48. The van der Waals surface area contributed by atoms with E-state index in [1.807, 2.05) is 43.3 Å². The molecule has 0 unspecified atom stereocenters. The Kier molecular flexibility index (Phi) is 6.09. The normalized spacial score (nSPS) is 18.1. The molecule has 2 aliphatic rings. The molecular weight excluding hydrogens is 478 g/mol. The minimum absolute atomic E-state index is 0.201. The molecule has 36 heavy (non-hydrogen) atoms. The summed E-state index contributed by atoms with van der Waals surface area (Å²) < 4.78 is 12.1. The van der Waals surface area contributed by atoms with Crippen molar-refractivity contribution < 1.29 is 19.1 Å². The van der Waals surface area contributed by atoms with Crippen LogP contribution in [-0.4, -0.2) is 37.2 Å². The number of benzene rings is 2. The first-order valence-corrected chi connectivity index (χ1v) is 12.4. The number of carbonyl (C=O) groups is 2. The number of fused-ring (bicyclic) bond motifs is 2. The fraction of sp³-hybridized carbons (Fsp3) is 0.259. The van der Waals surface area contributed by atoms with Crippen LogP contribution >= 0.6 is 11.3 Å². The molecule has 3 heterocycles. The van der Waals surface area contributed by atoms with E-state index in [4.69, 9.17) is 9.47 Å². The van der Waals surface area contributed by atoms with Gasteiger partial charge in [-0.25, -0.2) is 9.79 Å². The van der Waals surface area contributed by atoms with Crippen molar-refractivity contribution in [3.8, 4) is 5.75 Å². The Morgan fingerprint density at radius 1 is 1.08 bits per heavy atom. The standard InChI is InChI=1S/C27H25N3O5S/c1-5-14-29-19-9-7-6-8-18(19)21(24(29)31)23-25(32)30-22(16-10-12-17(34-3)13-11-16)20(26(33)35-4)15(2)28-27(30)36-23/h6-13,22H,5,14H2,1-4H3/t22-/m0/s1. The van der Waals surface area contributed by atoms with Crippen molar-refractivity contribution in [1.82, 2.24) is 4.57 Å². The van der Waals surface area contributed by atoms with Gasteiger partial charge in [0.1, 0.15) is 10.3 Å². The lowest BCUT2D eigenvalue weighted by molar-refractivity contribution is -0.136. The zero-order valence-corrected chi connectivity index (χ0v) is 21.2. The molecule has 0 fully saturated rings. The van der Waals surface area contributed by atoms with Crippen LogP contribution in [0.5, 0.6) is 5.75 Å². The fourth-order valence-electron chi connectivity index (χ4n) is 4.79. The topological polar surface area (TPSA) is 90.2 Å². The summed E-state index contributed by atoms with van der Waals surface area (Å²) in [7, 11) is 2.87. The monoisotopic (exact) mass is 503 g/mol. The maximum Gasteiger partial charge on any atom is 0.338 e. The minimum Gasteiger partial charge on any atom is -0.497 e. The highest BCUT2D eigenvalue weighted by atomic mass is 32.1. The molecule has 3 aromatic rings. The molecule has 1 atom stereocenters. The summed E-state index contributed by atoms with van der Waals surface area (Å²) in [6, 6.07) is 13.9. The van der Waals surface area contributed by atoms with Crippen LogP contribution in [0.3, 0.4) is 0 Å². The number of para-hydroxylation sites is 1. The van der Waals surface area contributed by atoms with Crippen LogP contribution in [0.1, 0.15) is 37.4 Å². The van der Waals surface area contributed by atoms with E-state index in [1.54, 1.807) is 31.1 Å². The predicted molar refractivity (Wildman–Crippen MR) is 137 cm³/mol. The average molecular weight is 504 g/mol. The number of rotatable bonds is 5. The largest absolute Gasteiger partial charge is 0.497 e. The van der Waals surface area contributed by atoms with Crippen LogP contribution in [0.2, 0.25) is 0 Å². The van der Waals surface area contributed by atoms with Crippen molar-refractivity contribution in [2.75, 3.05) is 25.7 Å². The van der Waals surface area contributed by atoms with Crippen molar-refractivity contribution in [3.05, 3.63) is 90.6 Å². The Labute approximate surface area is 211 Å². The van der Waals surface area contributed by atoms with Gasteiger partial charge in [-0.15, -0.1) is 0 Å².